The summed E-state index contributed by atoms with van der Waals surface area (Å²) in [4.78, 5) is 25.3. The third-order valence-electron chi connectivity index (χ3n) is 2.13. The van der Waals surface area contributed by atoms with Crippen molar-refractivity contribution >= 4 is 11.9 Å². The lowest BCUT2D eigenvalue weighted by molar-refractivity contribution is -0.125. The Morgan fingerprint density at radius 1 is 1.54 bits per heavy atom. The number of urea groups is 1. The maximum Gasteiger partial charge on any atom is 0.326 e. The fourth-order valence-corrected chi connectivity index (χ4v) is 1.23. The van der Waals surface area contributed by atoms with Crippen LogP contribution in [-0.4, -0.2) is 48.4 Å². The van der Waals surface area contributed by atoms with E-state index in [1.807, 2.05) is 6.92 Å². The minimum absolute atomic E-state index is 0.132. The van der Waals surface area contributed by atoms with E-state index in [4.69, 9.17) is 5.73 Å². The third kappa shape index (κ3) is 1.98. The van der Waals surface area contributed by atoms with Gasteiger partial charge in [0.05, 0.1) is 0 Å². The number of carbonyl (C=O) groups is 2. The van der Waals surface area contributed by atoms with Crippen LogP contribution in [-0.2, 0) is 4.79 Å². The Balaban J connectivity index is 2.59. The number of imide groups is 1. The maximum absolute atomic E-state index is 11.4. The van der Waals surface area contributed by atoms with Crippen LogP contribution in [0.15, 0.2) is 0 Å². The van der Waals surface area contributed by atoms with E-state index in [0.29, 0.717) is 13.1 Å². The Morgan fingerprint density at radius 3 is 2.54 bits per heavy atom. The van der Waals surface area contributed by atoms with Crippen molar-refractivity contribution in [2.75, 3.05) is 26.7 Å². The molecule has 0 aromatic heterocycles. The molecule has 1 fully saturated rings. The second-order valence-corrected chi connectivity index (χ2v) is 3.48. The van der Waals surface area contributed by atoms with Gasteiger partial charge in [-0.05, 0) is 12.5 Å². The van der Waals surface area contributed by atoms with E-state index in [9.17, 15) is 9.59 Å². The molecular weight excluding hydrogens is 170 g/mol. The Hall–Kier alpha value is -1.10. The van der Waals surface area contributed by atoms with E-state index in [1.54, 1.807) is 7.05 Å². The van der Waals surface area contributed by atoms with Gasteiger partial charge in [-0.25, -0.2) is 4.79 Å². The molecule has 1 atom stereocenters. The largest absolute Gasteiger partial charge is 0.330 e. The second kappa shape index (κ2) is 3.74. The maximum atomic E-state index is 11.4. The molecule has 0 aromatic rings. The lowest BCUT2D eigenvalue weighted by Crippen LogP contribution is -2.37. The third-order valence-corrected chi connectivity index (χ3v) is 2.13. The summed E-state index contributed by atoms with van der Waals surface area (Å²) in [5.74, 6) is 0.0344. The van der Waals surface area contributed by atoms with Gasteiger partial charge in [0.2, 0.25) is 5.91 Å². The van der Waals surface area contributed by atoms with Gasteiger partial charge in [0.1, 0.15) is 6.54 Å². The van der Waals surface area contributed by atoms with Crippen LogP contribution in [0.1, 0.15) is 6.92 Å². The average molecular weight is 185 g/mol. The van der Waals surface area contributed by atoms with Crippen molar-refractivity contribution in [3.05, 3.63) is 0 Å². The zero-order valence-electron chi connectivity index (χ0n) is 7.99. The highest BCUT2D eigenvalue weighted by Gasteiger charge is 2.33. The normalized spacial score (nSPS) is 19.9. The molecule has 1 aliphatic rings. The Morgan fingerprint density at radius 2 is 2.15 bits per heavy atom. The van der Waals surface area contributed by atoms with E-state index in [0.717, 1.165) is 0 Å². The zero-order chi connectivity index (χ0) is 10.0. The predicted molar refractivity (Wildman–Crippen MR) is 48.0 cm³/mol. The van der Waals surface area contributed by atoms with Crippen molar-refractivity contribution in [3.8, 4) is 0 Å². The summed E-state index contributed by atoms with van der Waals surface area (Å²) in [6.45, 7) is 3.02. The zero-order valence-corrected chi connectivity index (χ0v) is 7.99. The number of nitrogens with two attached hydrogens (primary N) is 1. The predicted octanol–water partition coefficient (Wildman–Crippen LogP) is -0.525. The molecule has 5 heteroatoms. The summed E-state index contributed by atoms with van der Waals surface area (Å²) in [6, 6.07) is -0.217. The minimum atomic E-state index is -0.217. The highest BCUT2D eigenvalue weighted by Crippen LogP contribution is 2.09. The van der Waals surface area contributed by atoms with Gasteiger partial charge in [-0.3, -0.25) is 9.69 Å². The molecule has 5 nitrogen and oxygen atoms in total. The van der Waals surface area contributed by atoms with Gasteiger partial charge in [-0.1, -0.05) is 6.92 Å². The van der Waals surface area contributed by atoms with Crippen molar-refractivity contribution < 1.29 is 9.59 Å². The van der Waals surface area contributed by atoms with Gasteiger partial charge in [0.15, 0.2) is 0 Å². The topological polar surface area (TPSA) is 66.6 Å². The molecule has 0 radical (unpaired) electrons. The molecule has 0 bridgehead atoms. The highest BCUT2D eigenvalue weighted by atomic mass is 16.2. The Labute approximate surface area is 77.5 Å². The quantitative estimate of drug-likeness (QED) is 0.601. The van der Waals surface area contributed by atoms with Gasteiger partial charge >= 0.3 is 6.03 Å². The van der Waals surface area contributed by atoms with Gasteiger partial charge in [-0.15, -0.1) is 0 Å². The van der Waals surface area contributed by atoms with E-state index < -0.39 is 0 Å². The van der Waals surface area contributed by atoms with Crippen LogP contribution in [0.4, 0.5) is 4.79 Å². The van der Waals surface area contributed by atoms with Crippen LogP contribution < -0.4 is 5.73 Å². The molecule has 13 heavy (non-hydrogen) atoms. The lowest BCUT2D eigenvalue weighted by atomic mass is 10.2. The smallest absolute Gasteiger partial charge is 0.326 e. The Bertz CT molecular complexity index is 229. The number of nitrogens with zero attached hydrogens (tertiary/aromatic N) is 2. The molecular formula is C8H15N3O2. The molecule has 0 aromatic carbocycles. The van der Waals surface area contributed by atoms with Crippen molar-refractivity contribution in [3.63, 3.8) is 0 Å². The molecule has 0 spiro atoms. The Kier molecular flexibility index (Phi) is 2.87. The first-order chi connectivity index (χ1) is 6.06. The van der Waals surface area contributed by atoms with Crippen LogP contribution in [0.2, 0.25) is 0 Å². The SMILES string of the molecule is CC(CN)CN1C(=O)CN(C)C1=O. The van der Waals surface area contributed by atoms with E-state index in [2.05, 4.69) is 0 Å². The first kappa shape index (κ1) is 9.98. The molecule has 0 saturated carbocycles. The summed E-state index contributed by atoms with van der Waals surface area (Å²) in [7, 11) is 1.62. The number of rotatable bonds is 3. The summed E-state index contributed by atoms with van der Waals surface area (Å²) < 4.78 is 0. The number of amides is 3. The summed E-state index contributed by atoms with van der Waals surface area (Å²) in [5, 5.41) is 0. The van der Waals surface area contributed by atoms with Crippen molar-refractivity contribution in [2.24, 2.45) is 11.7 Å². The first-order valence-electron chi connectivity index (χ1n) is 4.31. The van der Waals surface area contributed by atoms with E-state index >= 15 is 0 Å². The lowest BCUT2D eigenvalue weighted by Gasteiger charge is -2.17. The number of likely N-dealkylation sites (N-methyl/N-ethyl adjacent to an activating group) is 1. The van der Waals surface area contributed by atoms with Crippen molar-refractivity contribution in [1.29, 1.82) is 0 Å². The van der Waals surface area contributed by atoms with Crippen molar-refractivity contribution in [1.82, 2.24) is 9.80 Å². The van der Waals surface area contributed by atoms with Crippen LogP contribution in [0, 0.1) is 5.92 Å². The van der Waals surface area contributed by atoms with E-state index in [1.165, 1.54) is 9.80 Å². The molecule has 3 amide bonds. The van der Waals surface area contributed by atoms with Gasteiger partial charge in [0.25, 0.3) is 0 Å². The highest BCUT2D eigenvalue weighted by molar-refractivity contribution is 6.01. The van der Waals surface area contributed by atoms with Gasteiger partial charge in [-0.2, -0.15) is 0 Å². The molecule has 1 unspecified atom stereocenters. The molecule has 1 rings (SSSR count). The first-order valence-corrected chi connectivity index (χ1v) is 4.31. The standard InChI is InChI=1S/C8H15N3O2/c1-6(3-9)4-11-7(12)5-10(2)8(11)13/h6H,3-5,9H2,1-2H3. The summed E-state index contributed by atoms with van der Waals surface area (Å²) >= 11 is 0. The summed E-state index contributed by atoms with van der Waals surface area (Å²) in [5.41, 5.74) is 5.41. The number of carbonyl (C=O) groups excluding carboxylic acids is 2. The van der Waals surface area contributed by atoms with Crippen LogP contribution in [0.5, 0.6) is 0 Å². The number of hydrogen-bond acceptors (Lipinski definition) is 3. The molecule has 1 aliphatic heterocycles. The van der Waals surface area contributed by atoms with Crippen LogP contribution in [0.25, 0.3) is 0 Å². The van der Waals surface area contributed by atoms with E-state index in [-0.39, 0.29) is 24.4 Å². The summed E-state index contributed by atoms with van der Waals surface area (Å²) in [6.07, 6.45) is 0. The van der Waals surface area contributed by atoms with Gasteiger partial charge in [0, 0.05) is 13.6 Å². The van der Waals surface area contributed by atoms with Crippen LogP contribution >= 0.6 is 0 Å². The van der Waals surface area contributed by atoms with Crippen molar-refractivity contribution in [2.45, 2.75) is 6.92 Å². The fraction of sp³-hybridized carbons (Fsp3) is 0.750. The molecule has 0 aliphatic carbocycles. The number of hydrogen-bond donors (Lipinski definition) is 1. The van der Waals surface area contributed by atoms with Gasteiger partial charge < -0.3 is 10.6 Å². The molecule has 74 valence electrons. The monoisotopic (exact) mass is 185 g/mol. The molecule has 1 saturated heterocycles. The molecule has 2 N–H and O–H groups in total. The molecule has 1 heterocycles. The minimum Gasteiger partial charge on any atom is -0.330 e. The van der Waals surface area contributed by atoms with Crippen LogP contribution in [0.3, 0.4) is 0 Å². The average Bonchev–Trinajstić information content (AvgIpc) is 2.32. The fourth-order valence-electron chi connectivity index (χ4n) is 1.23. The second-order valence-electron chi connectivity index (χ2n) is 3.48.